The molecule has 166 valence electrons. The number of aryl methyl sites for hydroxylation is 1. The number of sulfone groups is 1. The van der Waals surface area contributed by atoms with Gasteiger partial charge < -0.3 is 9.47 Å². The average Bonchev–Trinajstić information content (AvgIpc) is 3.19. The number of hydrogen-bond donors (Lipinski definition) is 1. The predicted molar refractivity (Wildman–Crippen MR) is 112 cm³/mol. The lowest BCUT2D eigenvalue weighted by Gasteiger charge is -2.12. The van der Waals surface area contributed by atoms with Crippen LogP contribution in [0, 0.1) is 13.8 Å². The van der Waals surface area contributed by atoms with E-state index in [1.54, 1.807) is 38.8 Å². The molecule has 1 aromatic heterocycles. The molecule has 3 rings (SSSR count). The zero-order valence-corrected chi connectivity index (χ0v) is 19.1. The number of sulfonamides is 1. The molecule has 0 spiro atoms. The van der Waals surface area contributed by atoms with Crippen LogP contribution in [-0.2, 0) is 26.3 Å². The van der Waals surface area contributed by atoms with Crippen molar-refractivity contribution < 1.29 is 26.3 Å². The molecule has 1 aliphatic rings. The molecule has 2 aromatic rings. The van der Waals surface area contributed by atoms with Crippen molar-refractivity contribution in [3.63, 3.8) is 0 Å². The Labute approximate surface area is 177 Å². The molecule has 0 saturated carbocycles. The third-order valence-corrected chi connectivity index (χ3v) is 8.70. The second kappa shape index (κ2) is 8.56. The maximum absolute atomic E-state index is 12.9. The van der Waals surface area contributed by atoms with Crippen molar-refractivity contribution in [2.24, 2.45) is 0 Å². The number of hydrogen-bond acceptors (Lipinski definition) is 7. The van der Waals surface area contributed by atoms with E-state index in [9.17, 15) is 16.8 Å². The lowest BCUT2D eigenvalue weighted by Crippen LogP contribution is -2.27. The Morgan fingerprint density at radius 1 is 1.20 bits per heavy atom. The first-order valence-electron chi connectivity index (χ1n) is 9.54. The highest BCUT2D eigenvalue weighted by Gasteiger charge is 2.33. The van der Waals surface area contributed by atoms with Gasteiger partial charge in [-0.25, -0.2) is 21.6 Å². The fraction of sp³-hybridized carbons (Fsp3) is 0.526. The maximum atomic E-state index is 12.9. The van der Waals surface area contributed by atoms with Crippen LogP contribution in [0.25, 0.3) is 0 Å². The lowest BCUT2D eigenvalue weighted by molar-refractivity contribution is 0.354. The van der Waals surface area contributed by atoms with E-state index >= 15 is 0 Å². The molecule has 2 heterocycles. The van der Waals surface area contributed by atoms with Gasteiger partial charge in [0.05, 0.1) is 43.2 Å². The quantitative estimate of drug-likeness (QED) is 0.637. The van der Waals surface area contributed by atoms with Crippen molar-refractivity contribution in [1.29, 1.82) is 0 Å². The average molecular weight is 458 g/mol. The molecule has 1 fully saturated rings. The summed E-state index contributed by atoms with van der Waals surface area (Å²) in [6, 6.07) is 5.10. The van der Waals surface area contributed by atoms with Crippen LogP contribution >= 0.6 is 0 Å². The van der Waals surface area contributed by atoms with E-state index in [-0.39, 0.29) is 29.0 Å². The number of rotatable bonds is 8. The number of benzene rings is 1. The van der Waals surface area contributed by atoms with E-state index in [4.69, 9.17) is 9.47 Å². The van der Waals surface area contributed by atoms with Gasteiger partial charge in [0, 0.05) is 6.54 Å². The van der Waals surface area contributed by atoms with Gasteiger partial charge in [0.2, 0.25) is 10.0 Å². The van der Waals surface area contributed by atoms with E-state index in [1.165, 1.54) is 0 Å². The van der Waals surface area contributed by atoms with Crippen molar-refractivity contribution in [1.82, 2.24) is 14.5 Å². The van der Waals surface area contributed by atoms with Gasteiger partial charge in [0.25, 0.3) is 0 Å². The third kappa shape index (κ3) is 4.62. The molecule has 30 heavy (non-hydrogen) atoms. The normalized spacial score (nSPS) is 18.5. The Kier molecular flexibility index (Phi) is 6.44. The lowest BCUT2D eigenvalue weighted by atomic mass is 10.1. The Hall–Kier alpha value is -2.11. The molecular weight excluding hydrogens is 430 g/mol. The second-order valence-corrected chi connectivity index (χ2v) is 11.3. The van der Waals surface area contributed by atoms with Gasteiger partial charge in [0.1, 0.15) is 4.90 Å². The first-order chi connectivity index (χ1) is 14.1. The minimum Gasteiger partial charge on any atom is -0.493 e. The molecule has 9 nitrogen and oxygen atoms in total. The number of nitrogens with zero attached hydrogens (tertiary/aromatic N) is 2. The van der Waals surface area contributed by atoms with Crippen LogP contribution in [0.2, 0.25) is 0 Å². The minimum absolute atomic E-state index is 0.0127. The van der Waals surface area contributed by atoms with Crippen molar-refractivity contribution >= 4 is 19.9 Å². The van der Waals surface area contributed by atoms with Crippen LogP contribution in [0.1, 0.15) is 29.4 Å². The van der Waals surface area contributed by atoms with Crippen LogP contribution in [0.3, 0.4) is 0 Å². The highest BCUT2D eigenvalue weighted by atomic mass is 32.2. The molecule has 11 heteroatoms. The van der Waals surface area contributed by atoms with Crippen LogP contribution in [0.4, 0.5) is 0 Å². The van der Waals surface area contributed by atoms with Crippen LogP contribution in [-0.4, -0.2) is 58.9 Å². The van der Waals surface area contributed by atoms with E-state index in [1.807, 2.05) is 12.1 Å². The molecule has 0 aliphatic carbocycles. The molecule has 0 unspecified atom stereocenters. The number of ether oxygens (including phenoxy) is 2. The Morgan fingerprint density at radius 3 is 2.50 bits per heavy atom. The van der Waals surface area contributed by atoms with Gasteiger partial charge in [-0.3, -0.25) is 4.68 Å². The van der Waals surface area contributed by atoms with Gasteiger partial charge in [-0.15, -0.1) is 0 Å². The van der Waals surface area contributed by atoms with E-state index < -0.39 is 19.9 Å². The third-order valence-electron chi connectivity index (χ3n) is 5.24. The molecule has 1 N–H and O–H groups in total. The molecule has 0 amide bonds. The molecule has 0 bridgehead atoms. The smallest absolute Gasteiger partial charge is 0.244 e. The Balaban J connectivity index is 1.73. The fourth-order valence-corrected chi connectivity index (χ4v) is 6.92. The number of methoxy groups -OCH3 is 2. The van der Waals surface area contributed by atoms with Gasteiger partial charge in [-0.1, -0.05) is 6.07 Å². The standard InChI is InChI=1S/C19H27N3O6S2/c1-13-19(14(2)22(21-13)16-8-10-29(23,24)12-16)30(25,26)20-9-7-15-5-6-17(27-3)18(11-15)28-4/h5-6,11,16,20H,7-10,12H2,1-4H3/t16-/m1/s1. The van der Waals surface area contributed by atoms with Gasteiger partial charge in [-0.05, 0) is 44.4 Å². The second-order valence-electron chi connectivity index (χ2n) is 7.34. The zero-order valence-electron chi connectivity index (χ0n) is 17.5. The summed E-state index contributed by atoms with van der Waals surface area (Å²) in [5.74, 6) is 1.27. The maximum Gasteiger partial charge on any atom is 0.244 e. The molecule has 1 saturated heterocycles. The molecule has 0 radical (unpaired) electrons. The number of aromatic nitrogens is 2. The Morgan fingerprint density at radius 2 is 1.90 bits per heavy atom. The van der Waals surface area contributed by atoms with Crippen molar-refractivity contribution in [2.45, 2.75) is 37.6 Å². The van der Waals surface area contributed by atoms with E-state index in [2.05, 4.69) is 9.82 Å². The predicted octanol–water partition coefficient (Wildman–Crippen LogP) is 1.40. The van der Waals surface area contributed by atoms with Crippen LogP contribution < -0.4 is 14.2 Å². The first-order valence-corrected chi connectivity index (χ1v) is 12.8. The minimum atomic E-state index is -3.80. The van der Waals surface area contributed by atoms with E-state index in [0.717, 1.165) is 5.56 Å². The summed E-state index contributed by atoms with van der Waals surface area (Å²) < 4.78 is 64.1. The summed E-state index contributed by atoms with van der Waals surface area (Å²) in [6.07, 6.45) is 0.906. The molecule has 1 atom stereocenters. The SMILES string of the molecule is COc1ccc(CCNS(=O)(=O)c2c(C)nn([C@@H]3CCS(=O)(=O)C3)c2C)cc1OC. The Bertz CT molecular complexity index is 1140. The highest BCUT2D eigenvalue weighted by Crippen LogP contribution is 2.29. The summed E-state index contributed by atoms with van der Waals surface area (Å²) in [6.45, 7) is 3.48. The summed E-state index contributed by atoms with van der Waals surface area (Å²) >= 11 is 0. The van der Waals surface area contributed by atoms with Crippen molar-refractivity contribution in [2.75, 3.05) is 32.3 Å². The largest absolute Gasteiger partial charge is 0.493 e. The molecule has 1 aliphatic heterocycles. The molecular formula is C19H27N3O6S2. The summed E-state index contributed by atoms with van der Waals surface area (Å²) in [7, 11) is -3.80. The first kappa shape index (κ1) is 22.6. The summed E-state index contributed by atoms with van der Waals surface area (Å²) in [5, 5.41) is 4.33. The zero-order chi connectivity index (χ0) is 22.1. The fourth-order valence-electron chi connectivity index (χ4n) is 3.80. The van der Waals surface area contributed by atoms with E-state index in [0.29, 0.717) is 35.7 Å². The van der Waals surface area contributed by atoms with Crippen LogP contribution in [0.15, 0.2) is 23.1 Å². The monoisotopic (exact) mass is 457 g/mol. The highest BCUT2D eigenvalue weighted by molar-refractivity contribution is 7.91. The topological polar surface area (TPSA) is 117 Å². The number of nitrogens with one attached hydrogen (secondary N) is 1. The van der Waals surface area contributed by atoms with Gasteiger partial charge >= 0.3 is 0 Å². The van der Waals surface area contributed by atoms with Crippen molar-refractivity contribution in [3.8, 4) is 11.5 Å². The molecule has 1 aromatic carbocycles. The summed E-state index contributed by atoms with van der Waals surface area (Å²) in [5.41, 5.74) is 1.71. The van der Waals surface area contributed by atoms with Gasteiger partial charge in [0.15, 0.2) is 21.3 Å². The summed E-state index contributed by atoms with van der Waals surface area (Å²) in [4.78, 5) is 0.110. The van der Waals surface area contributed by atoms with Crippen molar-refractivity contribution in [3.05, 3.63) is 35.2 Å². The van der Waals surface area contributed by atoms with Crippen LogP contribution in [0.5, 0.6) is 11.5 Å². The van der Waals surface area contributed by atoms with Gasteiger partial charge in [-0.2, -0.15) is 5.10 Å².